The van der Waals surface area contributed by atoms with Crippen LogP contribution in [0, 0.1) is 0 Å². The summed E-state index contributed by atoms with van der Waals surface area (Å²) in [5.74, 6) is -0.249. The lowest BCUT2D eigenvalue weighted by Crippen LogP contribution is -2.39. The van der Waals surface area contributed by atoms with Crippen LogP contribution in [-0.2, 0) is 11.3 Å². The zero-order valence-corrected chi connectivity index (χ0v) is 16.0. The Morgan fingerprint density at radius 2 is 2.07 bits per heavy atom. The average molecular weight is 427 g/mol. The van der Waals surface area contributed by atoms with Gasteiger partial charge in [0.2, 0.25) is 11.1 Å². The van der Waals surface area contributed by atoms with Gasteiger partial charge in [0.05, 0.1) is 25.7 Å². The third kappa shape index (κ3) is 5.50. The molecule has 0 saturated carbocycles. The minimum Gasteiger partial charge on any atom is -0.494 e. The molecule has 0 fully saturated rings. The Kier molecular flexibility index (Phi) is 6.42. The molecule has 0 saturated heterocycles. The van der Waals surface area contributed by atoms with Crippen LogP contribution in [0.5, 0.6) is 5.75 Å². The van der Waals surface area contributed by atoms with Crippen LogP contribution >= 0.6 is 11.8 Å². The minimum atomic E-state index is -4.54. The fourth-order valence-corrected chi connectivity index (χ4v) is 3.27. The first-order chi connectivity index (χ1) is 13.9. The number of amides is 1. The van der Waals surface area contributed by atoms with E-state index >= 15 is 0 Å². The minimum absolute atomic E-state index is 0.243. The van der Waals surface area contributed by atoms with Crippen molar-refractivity contribution in [1.29, 1.82) is 0 Å². The first-order valence-electron chi connectivity index (χ1n) is 8.29. The zero-order chi connectivity index (χ0) is 20.9. The fourth-order valence-electron chi connectivity index (χ4n) is 2.48. The van der Waals surface area contributed by atoms with Crippen molar-refractivity contribution in [2.24, 2.45) is 0 Å². The van der Waals surface area contributed by atoms with E-state index in [0.717, 1.165) is 11.8 Å². The summed E-state index contributed by atoms with van der Waals surface area (Å²) in [5.41, 5.74) is 0.540. The molecule has 2 heterocycles. The van der Waals surface area contributed by atoms with Gasteiger partial charge in [-0.15, -0.1) is 5.10 Å². The third-order valence-electron chi connectivity index (χ3n) is 3.73. The van der Waals surface area contributed by atoms with Crippen molar-refractivity contribution in [3.63, 3.8) is 0 Å². The molecule has 0 radical (unpaired) electrons. The van der Waals surface area contributed by atoms with Crippen molar-refractivity contribution in [2.45, 2.75) is 17.9 Å². The highest BCUT2D eigenvalue weighted by Crippen LogP contribution is 2.26. The van der Waals surface area contributed by atoms with Crippen molar-refractivity contribution < 1.29 is 27.1 Å². The summed E-state index contributed by atoms with van der Waals surface area (Å²) < 4.78 is 50.4. The van der Waals surface area contributed by atoms with E-state index in [1.807, 2.05) is 0 Å². The molecule has 0 unspecified atom stereocenters. The number of tetrazole rings is 1. The quantitative estimate of drug-likeness (QED) is 0.511. The van der Waals surface area contributed by atoms with Crippen LogP contribution in [-0.4, -0.2) is 56.6 Å². The Labute approximate surface area is 167 Å². The Bertz CT molecular complexity index is 946. The monoisotopic (exact) mass is 427 g/mol. The van der Waals surface area contributed by atoms with Crippen LogP contribution in [0.15, 0.2) is 52.2 Å². The zero-order valence-electron chi connectivity index (χ0n) is 15.2. The number of alkyl halides is 3. The van der Waals surface area contributed by atoms with Crippen molar-refractivity contribution in [3.8, 4) is 11.4 Å². The molecule has 154 valence electrons. The maximum Gasteiger partial charge on any atom is 0.406 e. The average Bonchev–Trinajstić information content (AvgIpc) is 3.36. The molecule has 1 amide bonds. The molecule has 0 N–H and O–H groups in total. The standard InChI is InChI=1S/C17H16F3N5O3S/c1-27-14-7-3-2-6-13(14)25-16(21-22-23-25)29-10-15(26)24(11-17(18,19)20)9-12-5-4-8-28-12/h2-8H,9-11H2,1H3. The van der Waals surface area contributed by atoms with Gasteiger partial charge >= 0.3 is 6.18 Å². The van der Waals surface area contributed by atoms with Gasteiger partial charge < -0.3 is 14.1 Å². The van der Waals surface area contributed by atoms with E-state index in [2.05, 4.69) is 15.5 Å². The molecule has 12 heteroatoms. The van der Waals surface area contributed by atoms with E-state index < -0.39 is 18.6 Å². The summed E-state index contributed by atoms with van der Waals surface area (Å²) in [6.45, 7) is -1.67. The summed E-state index contributed by atoms with van der Waals surface area (Å²) in [4.78, 5) is 13.2. The Morgan fingerprint density at radius 1 is 1.28 bits per heavy atom. The molecule has 0 aliphatic rings. The number of nitrogens with zero attached hydrogens (tertiary/aromatic N) is 5. The van der Waals surface area contributed by atoms with Gasteiger partial charge in [0.25, 0.3) is 0 Å². The predicted molar refractivity (Wildman–Crippen MR) is 96.6 cm³/mol. The van der Waals surface area contributed by atoms with Gasteiger partial charge in [-0.3, -0.25) is 4.79 Å². The number of methoxy groups -OCH3 is 1. The number of carbonyl (C=O) groups excluding carboxylic acids is 1. The van der Waals surface area contributed by atoms with E-state index in [4.69, 9.17) is 9.15 Å². The number of furan rings is 1. The van der Waals surface area contributed by atoms with Gasteiger partial charge in [0.15, 0.2) is 0 Å². The molecule has 8 nitrogen and oxygen atoms in total. The largest absolute Gasteiger partial charge is 0.494 e. The van der Waals surface area contributed by atoms with E-state index in [1.165, 1.54) is 24.1 Å². The van der Waals surface area contributed by atoms with Crippen LogP contribution in [0.2, 0.25) is 0 Å². The first-order valence-corrected chi connectivity index (χ1v) is 9.27. The molecule has 2 aromatic heterocycles. The summed E-state index contributed by atoms with van der Waals surface area (Å²) >= 11 is 0.925. The van der Waals surface area contributed by atoms with Crippen LogP contribution in [0.25, 0.3) is 5.69 Å². The van der Waals surface area contributed by atoms with Gasteiger partial charge in [0, 0.05) is 0 Å². The Morgan fingerprint density at radius 3 is 2.76 bits per heavy atom. The number of halogens is 3. The molecule has 29 heavy (non-hydrogen) atoms. The highest BCUT2D eigenvalue weighted by Gasteiger charge is 2.33. The number of ether oxygens (including phenoxy) is 1. The van der Waals surface area contributed by atoms with Crippen molar-refractivity contribution >= 4 is 17.7 Å². The second kappa shape index (κ2) is 8.99. The molecule has 0 spiro atoms. The van der Waals surface area contributed by atoms with Crippen molar-refractivity contribution in [1.82, 2.24) is 25.1 Å². The lowest BCUT2D eigenvalue weighted by Gasteiger charge is -2.22. The van der Waals surface area contributed by atoms with E-state index in [1.54, 1.807) is 30.3 Å². The number of hydrogen-bond acceptors (Lipinski definition) is 7. The van der Waals surface area contributed by atoms with Crippen molar-refractivity contribution in [3.05, 3.63) is 48.4 Å². The second-order valence-corrected chi connectivity index (χ2v) is 6.72. The SMILES string of the molecule is COc1ccccc1-n1nnnc1SCC(=O)N(Cc1ccco1)CC(F)(F)F. The molecule has 3 aromatic rings. The van der Waals surface area contributed by atoms with Gasteiger partial charge in [-0.25, -0.2) is 0 Å². The third-order valence-corrected chi connectivity index (χ3v) is 4.63. The summed E-state index contributed by atoms with van der Waals surface area (Å²) in [6.07, 6.45) is -3.20. The maximum atomic E-state index is 12.9. The number of carbonyl (C=O) groups is 1. The van der Waals surface area contributed by atoms with Crippen LogP contribution in [0.3, 0.4) is 0 Å². The summed E-state index contributed by atoms with van der Waals surface area (Å²) in [5, 5.41) is 11.5. The summed E-state index contributed by atoms with van der Waals surface area (Å²) in [7, 11) is 1.49. The molecule has 0 aliphatic carbocycles. The molecular formula is C17H16F3N5O3S. The molecule has 0 bridgehead atoms. The topological polar surface area (TPSA) is 86.3 Å². The van der Waals surface area contributed by atoms with Crippen LogP contribution in [0.4, 0.5) is 13.2 Å². The van der Waals surface area contributed by atoms with Crippen LogP contribution in [0.1, 0.15) is 5.76 Å². The number of hydrogen-bond donors (Lipinski definition) is 0. The molecule has 0 aliphatic heterocycles. The van der Waals surface area contributed by atoms with E-state index in [-0.39, 0.29) is 23.2 Å². The van der Waals surface area contributed by atoms with Gasteiger partial charge in [-0.05, 0) is 34.7 Å². The van der Waals surface area contributed by atoms with Gasteiger partial charge in [-0.2, -0.15) is 17.9 Å². The number of rotatable bonds is 8. The first kappa shape index (κ1) is 20.7. The lowest BCUT2D eigenvalue weighted by atomic mass is 10.3. The highest BCUT2D eigenvalue weighted by molar-refractivity contribution is 7.99. The predicted octanol–water partition coefficient (Wildman–Crippen LogP) is 2.95. The molecule has 0 atom stereocenters. The molecule has 1 aromatic carbocycles. The Hall–Kier alpha value is -3.02. The maximum absolute atomic E-state index is 12.9. The number of para-hydroxylation sites is 2. The molecular weight excluding hydrogens is 411 g/mol. The van der Waals surface area contributed by atoms with Gasteiger partial charge in [0.1, 0.15) is 23.7 Å². The van der Waals surface area contributed by atoms with E-state index in [9.17, 15) is 18.0 Å². The second-order valence-electron chi connectivity index (χ2n) is 5.78. The Balaban J connectivity index is 1.73. The molecule has 3 rings (SSSR count). The highest BCUT2D eigenvalue weighted by atomic mass is 32.2. The van der Waals surface area contributed by atoms with Gasteiger partial charge in [-0.1, -0.05) is 23.9 Å². The number of thioether (sulfide) groups is 1. The lowest BCUT2D eigenvalue weighted by molar-refractivity contribution is -0.161. The van der Waals surface area contributed by atoms with Crippen molar-refractivity contribution in [2.75, 3.05) is 19.4 Å². The van der Waals surface area contributed by atoms with Crippen LogP contribution < -0.4 is 4.74 Å². The van der Waals surface area contributed by atoms with E-state index in [0.29, 0.717) is 16.3 Å². The summed E-state index contributed by atoms with van der Waals surface area (Å²) in [6, 6.07) is 10.0. The fraction of sp³-hybridized carbons (Fsp3) is 0.294. The number of aromatic nitrogens is 4. The smallest absolute Gasteiger partial charge is 0.406 e. The normalized spacial score (nSPS) is 11.4. The number of benzene rings is 1.